The molecular weight excluding hydrogens is 258 g/mol. The Hall–Kier alpha value is -1.40. The van der Waals surface area contributed by atoms with Gasteiger partial charge in [0.05, 0.1) is 5.39 Å². The van der Waals surface area contributed by atoms with Gasteiger partial charge in [-0.2, -0.15) is 4.98 Å². The zero-order valence-corrected chi connectivity index (χ0v) is 12.2. The first-order valence-electron chi connectivity index (χ1n) is 6.72. The lowest BCUT2D eigenvalue weighted by molar-refractivity contribution is 0.581. The molecule has 1 fully saturated rings. The van der Waals surface area contributed by atoms with Crippen molar-refractivity contribution in [2.24, 2.45) is 0 Å². The van der Waals surface area contributed by atoms with Crippen molar-refractivity contribution in [1.29, 1.82) is 0 Å². The zero-order chi connectivity index (χ0) is 13.4. The number of fused-ring (bicyclic) bond motifs is 1. The third kappa shape index (κ3) is 2.15. The first-order chi connectivity index (χ1) is 9.20. The lowest BCUT2D eigenvalue weighted by atomic mass is 10.2. The van der Waals surface area contributed by atoms with Crippen molar-refractivity contribution in [3.05, 3.63) is 10.4 Å². The highest BCUT2D eigenvalue weighted by Crippen LogP contribution is 2.34. The second kappa shape index (κ2) is 4.94. The number of nitrogens with two attached hydrogens (primary N) is 1. The van der Waals surface area contributed by atoms with Crippen LogP contribution in [0.4, 0.5) is 11.8 Å². The molecule has 1 aliphatic rings. The Morgan fingerprint density at radius 2 is 2.05 bits per heavy atom. The zero-order valence-electron chi connectivity index (χ0n) is 11.4. The molecule has 0 aliphatic carbocycles. The molecule has 3 N–H and O–H groups in total. The molecule has 0 amide bonds. The van der Waals surface area contributed by atoms with Crippen molar-refractivity contribution in [1.82, 2.24) is 15.3 Å². The molecular formula is C13H19N5S. The molecule has 0 aromatic carbocycles. The van der Waals surface area contributed by atoms with E-state index < -0.39 is 0 Å². The van der Waals surface area contributed by atoms with Crippen LogP contribution in [0.1, 0.15) is 17.4 Å². The predicted molar refractivity (Wildman–Crippen MR) is 81.0 cm³/mol. The maximum atomic E-state index is 6.15. The van der Waals surface area contributed by atoms with Crippen LogP contribution < -0.4 is 16.0 Å². The minimum absolute atomic E-state index is 0.618. The average Bonchev–Trinajstić information content (AvgIpc) is 2.76. The first kappa shape index (κ1) is 12.6. The van der Waals surface area contributed by atoms with Crippen molar-refractivity contribution in [3.63, 3.8) is 0 Å². The average molecular weight is 277 g/mol. The van der Waals surface area contributed by atoms with Gasteiger partial charge in [-0.1, -0.05) is 6.92 Å². The molecule has 0 unspecified atom stereocenters. The van der Waals surface area contributed by atoms with Crippen LogP contribution in [-0.4, -0.2) is 36.1 Å². The van der Waals surface area contributed by atoms with Gasteiger partial charge in [0.2, 0.25) is 5.95 Å². The molecule has 102 valence electrons. The number of nitrogen functional groups attached to an aromatic ring is 1. The molecule has 0 atom stereocenters. The van der Waals surface area contributed by atoms with Crippen LogP contribution in [0.15, 0.2) is 0 Å². The molecule has 19 heavy (non-hydrogen) atoms. The maximum Gasteiger partial charge on any atom is 0.228 e. The van der Waals surface area contributed by atoms with Gasteiger partial charge in [0, 0.05) is 31.1 Å². The van der Waals surface area contributed by atoms with Crippen LogP contribution in [-0.2, 0) is 6.42 Å². The second-order valence-electron chi connectivity index (χ2n) is 4.83. The van der Waals surface area contributed by atoms with Crippen molar-refractivity contribution >= 4 is 33.3 Å². The molecule has 5 nitrogen and oxygen atoms in total. The van der Waals surface area contributed by atoms with Gasteiger partial charge < -0.3 is 16.0 Å². The van der Waals surface area contributed by atoms with Crippen LogP contribution in [0.5, 0.6) is 0 Å². The first-order valence-corrected chi connectivity index (χ1v) is 7.53. The number of aromatic nitrogens is 2. The van der Waals surface area contributed by atoms with Crippen molar-refractivity contribution < 1.29 is 0 Å². The number of nitrogens with zero attached hydrogens (tertiary/aromatic N) is 3. The van der Waals surface area contributed by atoms with E-state index in [1.54, 1.807) is 11.3 Å². The van der Waals surface area contributed by atoms with Crippen molar-refractivity contribution in [2.45, 2.75) is 20.3 Å². The van der Waals surface area contributed by atoms with Crippen LogP contribution in [0.3, 0.4) is 0 Å². The highest BCUT2D eigenvalue weighted by molar-refractivity contribution is 7.19. The Kier molecular flexibility index (Phi) is 3.28. The summed E-state index contributed by atoms with van der Waals surface area (Å²) in [7, 11) is 0. The second-order valence-corrected chi connectivity index (χ2v) is 5.91. The summed E-state index contributed by atoms with van der Waals surface area (Å²) in [5, 5.41) is 4.38. The van der Waals surface area contributed by atoms with Crippen molar-refractivity contribution in [2.75, 3.05) is 36.8 Å². The highest BCUT2D eigenvalue weighted by Gasteiger charge is 2.18. The highest BCUT2D eigenvalue weighted by atomic mass is 32.1. The van der Waals surface area contributed by atoms with Crippen molar-refractivity contribution in [3.8, 4) is 0 Å². The molecule has 6 heteroatoms. The molecule has 1 aliphatic heterocycles. The molecule has 1 saturated heterocycles. The summed E-state index contributed by atoms with van der Waals surface area (Å²) in [4.78, 5) is 13.8. The van der Waals surface area contributed by atoms with Gasteiger partial charge in [0.15, 0.2) is 0 Å². The van der Waals surface area contributed by atoms with Gasteiger partial charge in [0.25, 0.3) is 0 Å². The largest absolute Gasteiger partial charge is 0.383 e. The smallest absolute Gasteiger partial charge is 0.228 e. The minimum atomic E-state index is 0.618. The summed E-state index contributed by atoms with van der Waals surface area (Å²) in [6.07, 6.45) is 1.02. The summed E-state index contributed by atoms with van der Waals surface area (Å²) in [6.45, 7) is 8.11. The topological polar surface area (TPSA) is 67.1 Å². The Balaban J connectivity index is 2.08. The Morgan fingerprint density at radius 1 is 1.32 bits per heavy atom. The summed E-state index contributed by atoms with van der Waals surface area (Å²) in [5.41, 5.74) is 7.39. The maximum absolute atomic E-state index is 6.15. The Labute approximate surface area is 116 Å². The fourth-order valence-corrected chi connectivity index (χ4v) is 3.67. The molecule has 2 aromatic heterocycles. The van der Waals surface area contributed by atoms with Gasteiger partial charge in [-0.05, 0) is 18.9 Å². The molecule has 3 rings (SSSR count). The van der Waals surface area contributed by atoms with Crippen LogP contribution in [0, 0.1) is 6.92 Å². The quantitative estimate of drug-likeness (QED) is 0.872. The summed E-state index contributed by atoms with van der Waals surface area (Å²) in [6, 6.07) is 0. The van der Waals surface area contributed by atoms with E-state index in [1.165, 1.54) is 10.4 Å². The summed E-state index contributed by atoms with van der Waals surface area (Å²) >= 11 is 1.74. The van der Waals surface area contributed by atoms with Gasteiger partial charge in [-0.25, -0.2) is 4.98 Å². The number of anilines is 2. The molecule has 0 spiro atoms. The monoisotopic (exact) mass is 277 g/mol. The standard InChI is InChI=1S/C13H19N5S/c1-3-9-8(2)10-11(14)16-13(17-12(10)19-9)18-6-4-15-5-7-18/h15H,3-7H2,1-2H3,(H2,14,16,17). The van der Waals surface area contributed by atoms with Crippen LogP contribution in [0.25, 0.3) is 10.2 Å². The molecule has 2 aromatic rings. The van der Waals surface area contributed by atoms with E-state index in [0.29, 0.717) is 5.82 Å². The minimum Gasteiger partial charge on any atom is -0.383 e. The van der Waals surface area contributed by atoms with E-state index in [-0.39, 0.29) is 0 Å². The van der Waals surface area contributed by atoms with Gasteiger partial charge >= 0.3 is 0 Å². The van der Waals surface area contributed by atoms with Crippen LogP contribution >= 0.6 is 11.3 Å². The predicted octanol–water partition coefficient (Wildman–Crippen LogP) is 1.55. The van der Waals surface area contributed by atoms with Gasteiger partial charge in [0.1, 0.15) is 10.6 Å². The SMILES string of the molecule is CCc1sc2nc(N3CCNCC3)nc(N)c2c1C. The number of rotatable bonds is 2. The normalized spacial score (nSPS) is 16.2. The number of nitrogens with one attached hydrogen (secondary N) is 1. The van der Waals surface area contributed by atoms with E-state index >= 15 is 0 Å². The fourth-order valence-electron chi connectivity index (χ4n) is 2.55. The molecule has 3 heterocycles. The lowest BCUT2D eigenvalue weighted by Gasteiger charge is -2.27. The number of piperazine rings is 1. The molecule has 0 saturated carbocycles. The van der Waals surface area contributed by atoms with E-state index in [9.17, 15) is 0 Å². The third-order valence-electron chi connectivity index (χ3n) is 3.63. The molecule has 0 radical (unpaired) electrons. The lowest BCUT2D eigenvalue weighted by Crippen LogP contribution is -2.44. The van der Waals surface area contributed by atoms with E-state index in [1.807, 2.05) is 0 Å². The number of hydrogen-bond acceptors (Lipinski definition) is 6. The van der Waals surface area contributed by atoms with E-state index in [0.717, 1.165) is 48.8 Å². The van der Waals surface area contributed by atoms with Gasteiger partial charge in [-0.15, -0.1) is 11.3 Å². The van der Waals surface area contributed by atoms with E-state index in [4.69, 9.17) is 10.7 Å². The third-order valence-corrected chi connectivity index (χ3v) is 4.96. The number of hydrogen-bond donors (Lipinski definition) is 2. The Bertz CT molecular complexity index is 601. The fraction of sp³-hybridized carbons (Fsp3) is 0.538. The van der Waals surface area contributed by atoms with E-state index in [2.05, 4.69) is 29.0 Å². The Morgan fingerprint density at radius 3 is 2.74 bits per heavy atom. The summed E-state index contributed by atoms with van der Waals surface area (Å²) < 4.78 is 0. The molecule has 0 bridgehead atoms. The van der Waals surface area contributed by atoms with Crippen LogP contribution in [0.2, 0.25) is 0 Å². The van der Waals surface area contributed by atoms with Gasteiger partial charge in [-0.3, -0.25) is 0 Å². The summed E-state index contributed by atoms with van der Waals surface area (Å²) in [5.74, 6) is 1.39. The number of aryl methyl sites for hydroxylation is 2. The number of thiophene rings is 1.